The fraction of sp³-hybridized carbons (Fsp3) is 0.878. The Morgan fingerprint density at radius 2 is 1.06 bits per heavy atom. The first-order valence-electron chi connectivity index (χ1n) is 28.4. The van der Waals surface area contributed by atoms with E-state index in [1.54, 1.807) is 0 Å². The van der Waals surface area contributed by atoms with Crippen LogP contribution in [0.3, 0.4) is 0 Å². The van der Waals surface area contributed by atoms with Crippen molar-refractivity contribution in [1.29, 1.82) is 0 Å². The molecule has 14 atom stereocenters. The van der Waals surface area contributed by atoms with Gasteiger partial charge in [0.15, 0.2) is 6.10 Å². The third-order valence-electron chi connectivity index (χ3n) is 13.8. The molecule has 2 saturated heterocycles. The van der Waals surface area contributed by atoms with E-state index in [9.17, 15) is 81.9 Å². The molecule has 0 aromatic rings. The third kappa shape index (κ3) is 41.5. The molecule has 2 heterocycles. The molecule has 9 unspecified atom stereocenters. The monoisotopic (exact) mass is 1350 g/mol. The summed E-state index contributed by atoms with van der Waals surface area (Å²) in [5.74, 6) is -0.590. The zero-order chi connectivity index (χ0) is 59.9. The van der Waals surface area contributed by atoms with Gasteiger partial charge in [0.05, 0.1) is 18.7 Å². The van der Waals surface area contributed by atoms with Crippen molar-refractivity contribution < 1.29 is 232 Å². The van der Waals surface area contributed by atoms with Gasteiger partial charge < -0.3 is 92.5 Å². The van der Waals surface area contributed by atoms with Gasteiger partial charge in [0.2, 0.25) is 5.91 Å². The molecular weight excluding hydrogens is 1260 g/mol. The number of amides is 3. The van der Waals surface area contributed by atoms with Gasteiger partial charge >= 0.3 is 136 Å². The van der Waals surface area contributed by atoms with Gasteiger partial charge in [-0.15, -0.1) is 0 Å². The zero-order valence-corrected chi connectivity index (χ0v) is 62.6. The Balaban J connectivity index is 0. The number of aliphatic hydroxyl groups excluding tert-OH is 2. The number of carbonyl (C=O) groups excluding carboxylic acids is 4. The number of unbranched alkanes of at least 4 members (excludes halogenated alkanes) is 20. The fourth-order valence-electron chi connectivity index (χ4n) is 9.64. The van der Waals surface area contributed by atoms with Gasteiger partial charge in [0, 0.05) is 36.8 Å². The summed E-state index contributed by atoms with van der Waals surface area (Å²) < 4.78 is 80.9. The molecule has 0 bridgehead atoms. The van der Waals surface area contributed by atoms with E-state index in [1.165, 1.54) is 38.5 Å². The molecule has 0 spiro atoms. The van der Waals surface area contributed by atoms with Crippen LogP contribution in [0.25, 0.3) is 0 Å². The van der Waals surface area contributed by atoms with Crippen LogP contribution in [0.2, 0.25) is 0 Å². The number of esters is 2. The van der Waals surface area contributed by atoms with Gasteiger partial charge in [-0.1, -0.05) is 122 Å². The Bertz CT molecular complexity index is 2070. The summed E-state index contributed by atoms with van der Waals surface area (Å²) in [4.78, 5) is 126. The largest absolute Gasteiger partial charge is 1.00 e. The SMILES string of the molecule is CCCCCCCC/C=C\CCCCCCCC(=O)OC[C@H](COP(=O)([O-])OC1C(O)C(OP(=O)([O-])O)C(OP(=O)([O-])O)[C@@H](OP(=O)([O-])O)C1O)OC(=O)CCCCCCCCCCCNC(=O)CCCC[C@@H]1SC[C@@H]2NC(=O)N[C@@H]21.[Na+].[Na+].[Na+].[Na+]. The minimum absolute atomic E-state index is 0. The van der Waals surface area contributed by atoms with Gasteiger partial charge in [-0.3, -0.25) is 32.6 Å². The van der Waals surface area contributed by atoms with Crippen molar-refractivity contribution in [3.8, 4) is 0 Å². The van der Waals surface area contributed by atoms with Crippen LogP contribution in [0.1, 0.15) is 187 Å². The number of carbonyl (C=O) groups is 4. The predicted molar refractivity (Wildman–Crippen MR) is 288 cm³/mol. The number of nitrogens with one attached hydrogen (secondary N) is 3. The van der Waals surface area contributed by atoms with Gasteiger partial charge in [-0.05, 0) is 57.8 Å². The van der Waals surface area contributed by atoms with Crippen LogP contribution in [0, 0.1) is 0 Å². The molecule has 3 aliphatic rings. The van der Waals surface area contributed by atoms with Crippen LogP contribution < -0.4 is 154 Å². The minimum Gasteiger partial charge on any atom is -0.756 e. The summed E-state index contributed by atoms with van der Waals surface area (Å²) in [5, 5.41) is 31.0. The summed E-state index contributed by atoms with van der Waals surface area (Å²) in [6.45, 7) is 0.956. The summed E-state index contributed by atoms with van der Waals surface area (Å²) >= 11 is 1.86. The number of ether oxygens (including phenoxy) is 2. The van der Waals surface area contributed by atoms with E-state index in [4.69, 9.17) is 18.5 Å². The van der Waals surface area contributed by atoms with Crippen LogP contribution >= 0.6 is 43.1 Å². The van der Waals surface area contributed by atoms with Crippen molar-refractivity contribution in [3.63, 3.8) is 0 Å². The molecule has 472 valence electrons. The Hall–Kier alpha value is 2.13. The Kier molecular flexibility index (Phi) is 51.2. The molecule has 0 aromatic heterocycles. The zero-order valence-electron chi connectivity index (χ0n) is 50.2. The topological polar surface area (TPSA) is 431 Å². The van der Waals surface area contributed by atoms with E-state index in [1.807, 2.05) is 11.8 Å². The number of rotatable bonds is 46. The Morgan fingerprint density at radius 3 is 1.58 bits per heavy atom. The number of aliphatic hydroxyl groups is 2. The van der Waals surface area contributed by atoms with Crippen molar-refractivity contribution >= 4 is 66.9 Å². The molecule has 36 heteroatoms. The van der Waals surface area contributed by atoms with Crippen molar-refractivity contribution in [3.05, 3.63) is 12.2 Å². The number of allylic oxidation sites excluding steroid dienone is 2. The Labute approximate surface area is 593 Å². The summed E-state index contributed by atoms with van der Waals surface area (Å²) in [6.07, 6.45) is 9.27. The maximum atomic E-state index is 13.2. The molecule has 1 saturated carbocycles. The van der Waals surface area contributed by atoms with Crippen molar-refractivity contribution in [2.75, 3.05) is 25.5 Å². The number of hydrogen-bond acceptors (Lipinski definition) is 22. The molecule has 3 rings (SSSR count). The number of thioether (sulfide) groups is 1. The summed E-state index contributed by atoms with van der Waals surface area (Å²) in [5.41, 5.74) is 0. The molecule has 3 fully saturated rings. The van der Waals surface area contributed by atoms with Crippen LogP contribution in [0.4, 0.5) is 4.79 Å². The Morgan fingerprint density at radius 1 is 0.600 bits per heavy atom. The fourth-order valence-corrected chi connectivity index (χ4v) is 13.8. The smallest absolute Gasteiger partial charge is 0.756 e. The quantitative estimate of drug-likeness (QED) is 0.00701. The van der Waals surface area contributed by atoms with Gasteiger partial charge in [-0.2, -0.15) is 11.8 Å². The minimum atomic E-state index is -6.11. The van der Waals surface area contributed by atoms with Gasteiger partial charge in [0.25, 0.3) is 31.3 Å². The molecule has 0 aromatic carbocycles. The molecule has 27 nitrogen and oxygen atoms in total. The van der Waals surface area contributed by atoms with Gasteiger partial charge in [-0.25, -0.2) is 4.79 Å². The third-order valence-corrected chi connectivity index (χ3v) is 17.8. The first-order valence-corrected chi connectivity index (χ1v) is 35.4. The molecule has 2 aliphatic heterocycles. The average molecular weight is 1350 g/mol. The maximum absolute atomic E-state index is 13.2. The van der Waals surface area contributed by atoms with Gasteiger partial charge in [0.1, 0.15) is 43.2 Å². The standard InChI is InChI=1S/C49H91N3O24P4S.4Na/c1-2-3-4-5-6-7-8-9-10-11-12-14-17-20-23-30-40(54)70-33-36(34-71-80(68,69)76-45-43(56)46(73-77(59,60)61)48(75-79(65,66)67)47(44(45)57)74-78(62,63)64)72-41(55)31-24-21-18-15-13-16-19-22-27-32-50-39(53)29-26-25-28-38-42-37(35-81-38)51-49(58)52-42;;;;/h9-10,36-38,42-48,56-57H,2-8,11-35H2,1H3,(H,50,53)(H,68,69)(H2,51,52,58)(H2,59,60,61)(H2,62,63,64)(H2,65,66,67);;;;/q;4*+1/p-4/b10-9-;;;;/t36-,37+,38+,42+,43?,44?,45?,46+,47?,48?;;;;/m1..../s1. The van der Waals surface area contributed by atoms with E-state index in [0.717, 1.165) is 108 Å². The number of phosphoric acid groups is 4. The van der Waals surface area contributed by atoms with E-state index in [-0.39, 0.29) is 155 Å². The number of urea groups is 1. The normalized spacial score (nSPS) is 24.9. The van der Waals surface area contributed by atoms with Crippen molar-refractivity contribution in [2.45, 2.75) is 247 Å². The first kappa shape index (κ1) is 89.2. The average Bonchev–Trinajstić information content (AvgIpc) is 3.39. The van der Waals surface area contributed by atoms with Crippen LogP contribution in [0.15, 0.2) is 12.2 Å². The van der Waals surface area contributed by atoms with E-state index in [0.29, 0.717) is 37.5 Å². The number of phosphoric ester groups is 4. The second kappa shape index (κ2) is 48.8. The summed E-state index contributed by atoms with van der Waals surface area (Å²) in [7, 11) is -24.3. The molecule has 3 amide bonds. The van der Waals surface area contributed by atoms with E-state index in [2.05, 4.69) is 48.6 Å². The second-order valence-corrected chi connectivity index (χ2v) is 26.8. The van der Waals surface area contributed by atoms with E-state index >= 15 is 0 Å². The molecule has 85 heavy (non-hydrogen) atoms. The molecule has 8 N–H and O–H groups in total. The maximum Gasteiger partial charge on any atom is 1.00 e. The van der Waals surface area contributed by atoms with Crippen molar-refractivity contribution in [2.24, 2.45) is 0 Å². The summed E-state index contributed by atoms with van der Waals surface area (Å²) in [6, 6.07) is 0.241. The molecule has 1 aliphatic carbocycles. The second-order valence-electron chi connectivity index (χ2n) is 20.7. The van der Waals surface area contributed by atoms with Crippen LogP contribution in [0.5, 0.6) is 0 Å². The number of fused-ring (bicyclic) bond motifs is 1. The molecular formula is C49H87N3Na4O24P4S. The first-order chi connectivity index (χ1) is 38.3. The predicted octanol–water partition coefficient (Wildman–Crippen LogP) is -7.62. The van der Waals surface area contributed by atoms with E-state index < -0.39 is 99.2 Å². The number of hydrogen-bond donors (Lipinski definition) is 8. The van der Waals surface area contributed by atoms with Crippen LogP contribution in [-0.4, -0.2) is 134 Å². The van der Waals surface area contributed by atoms with Crippen LogP contribution in [-0.2, 0) is 64.7 Å². The van der Waals surface area contributed by atoms with Crippen molar-refractivity contribution in [1.82, 2.24) is 16.0 Å². The molecule has 0 radical (unpaired) electrons.